The molecule has 0 unspecified atom stereocenters. The lowest BCUT2D eigenvalue weighted by Gasteiger charge is -2.18. The van der Waals surface area contributed by atoms with Crippen LogP contribution in [0, 0.1) is 0 Å². The van der Waals surface area contributed by atoms with Gasteiger partial charge in [-0.05, 0) is 19.9 Å². The number of aromatic nitrogens is 1. The van der Waals surface area contributed by atoms with E-state index in [1.807, 2.05) is 0 Å². The molecule has 0 aromatic carbocycles. The van der Waals surface area contributed by atoms with E-state index in [9.17, 15) is 13.2 Å². The summed E-state index contributed by atoms with van der Waals surface area (Å²) >= 11 is 0. The quantitative estimate of drug-likeness (QED) is 0.683. The van der Waals surface area contributed by atoms with Crippen LogP contribution >= 0.6 is 12.4 Å². The van der Waals surface area contributed by atoms with Crippen LogP contribution in [0.25, 0.3) is 0 Å². The van der Waals surface area contributed by atoms with E-state index < -0.39 is 21.5 Å². The Morgan fingerprint density at radius 1 is 1.47 bits per heavy atom. The predicted molar refractivity (Wildman–Crippen MR) is 74.6 cm³/mol. The molecule has 5 N–H and O–H groups in total. The zero-order chi connectivity index (χ0) is 14.1. The third kappa shape index (κ3) is 4.83. The molecular weight excluding hydrogens is 292 g/mol. The number of hydrogen-bond acceptors (Lipinski definition) is 4. The number of carbonyl (C=O) groups excluding carboxylic acids is 1. The fourth-order valence-corrected chi connectivity index (χ4v) is 2.58. The topological polar surface area (TPSA) is 120 Å². The van der Waals surface area contributed by atoms with E-state index in [0.717, 1.165) is 0 Å². The van der Waals surface area contributed by atoms with Gasteiger partial charge in [0.1, 0.15) is 10.6 Å². The van der Waals surface area contributed by atoms with Crippen molar-refractivity contribution in [3.8, 4) is 0 Å². The maximum Gasteiger partial charge on any atom is 0.265 e. The molecule has 0 radical (unpaired) electrons. The van der Waals surface area contributed by atoms with E-state index in [1.165, 1.54) is 16.8 Å². The van der Waals surface area contributed by atoms with Crippen LogP contribution in [0.5, 0.6) is 0 Å². The molecule has 19 heavy (non-hydrogen) atoms. The van der Waals surface area contributed by atoms with Crippen molar-refractivity contribution < 1.29 is 13.2 Å². The lowest BCUT2D eigenvalue weighted by molar-refractivity contribution is 0.0992. The predicted octanol–water partition coefficient (Wildman–Crippen LogP) is -0.439. The van der Waals surface area contributed by atoms with E-state index in [4.69, 9.17) is 11.5 Å². The van der Waals surface area contributed by atoms with Gasteiger partial charge in [-0.15, -0.1) is 12.4 Å². The lowest BCUT2D eigenvalue weighted by Crippen LogP contribution is -2.44. The second-order valence-corrected chi connectivity index (χ2v) is 6.62. The summed E-state index contributed by atoms with van der Waals surface area (Å²) in [7, 11) is -2.14. The minimum Gasteiger partial charge on any atom is -0.364 e. The summed E-state index contributed by atoms with van der Waals surface area (Å²) in [5.41, 5.74) is 10.3. The Hall–Kier alpha value is -1.09. The number of aryl methyl sites for hydroxylation is 1. The van der Waals surface area contributed by atoms with Gasteiger partial charge in [-0.3, -0.25) is 4.79 Å². The summed E-state index contributed by atoms with van der Waals surface area (Å²) < 4.78 is 27.6. The average molecular weight is 311 g/mol. The van der Waals surface area contributed by atoms with Crippen molar-refractivity contribution in [3.63, 3.8) is 0 Å². The molecule has 0 atom stereocenters. The van der Waals surface area contributed by atoms with E-state index in [1.54, 1.807) is 20.9 Å². The molecule has 9 heteroatoms. The van der Waals surface area contributed by atoms with Crippen molar-refractivity contribution in [3.05, 3.63) is 18.0 Å². The van der Waals surface area contributed by atoms with Crippen LogP contribution in [0.15, 0.2) is 17.2 Å². The number of nitrogens with one attached hydrogen (secondary N) is 1. The van der Waals surface area contributed by atoms with E-state index >= 15 is 0 Å². The molecular formula is C10H19ClN4O3S. The zero-order valence-corrected chi connectivity index (χ0v) is 12.6. The summed E-state index contributed by atoms with van der Waals surface area (Å²) in [6.45, 7) is 3.50. The first-order chi connectivity index (χ1) is 8.03. The number of hydrogen-bond donors (Lipinski definition) is 3. The minimum absolute atomic E-state index is 0. The standard InChI is InChI=1S/C10H18N4O3S.ClH/c1-10(2,12)6-13-18(16,17)7-4-8(9(11)15)14(3)5-7;/h4-5,13H,6,12H2,1-3H3,(H2,11,15);1H. The Labute approximate surface area is 118 Å². The molecule has 1 rings (SSSR count). The van der Waals surface area contributed by atoms with Crippen LogP contribution < -0.4 is 16.2 Å². The van der Waals surface area contributed by atoms with Crippen LogP contribution in [-0.2, 0) is 17.1 Å². The third-order valence-electron chi connectivity index (χ3n) is 2.26. The maximum absolute atomic E-state index is 11.9. The summed E-state index contributed by atoms with van der Waals surface area (Å²) in [4.78, 5) is 11.0. The molecule has 0 aliphatic heterocycles. The van der Waals surface area contributed by atoms with Crippen LogP contribution in [-0.4, -0.2) is 31.0 Å². The molecule has 1 aromatic heterocycles. The number of rotatable bonds is 5. The average Bonchev–Trinajstić information content (AvgIpc) is 2.57. The Balaban J connectivity index is 0.00000324. The highest BCUT2D eigenvalue weighted by Gasteiger charge is 2.21. The first-order valence-electron chi connectivity index (χ1n) is 5.28. The number of amides is 1. The molecule has 0 aliphatic rings. The number of primary amides is 1. The third-order valence-corrected chi connectivity index (χ3v) is 3.63. The Bertz CT molecular complexity index is 560. The summed E-state index contributed by atoms with van der Waals surface area (Å²) in [5.74, 6) is -0.682. The second-order valence-electron chi connectivity index (χ2n) is 4.85. The van der Waals surface area contributed by atoms with Gasteiger partial charge >= 0.3 is 0 Å². The molecule has 0 spiro atoms. The van der Waals surface area contributed by atoms with E-state index in [-0.39, 0.29) is 29.5 Å². The second kappa shape index (κ2) is 5.91. The Morgan fingerprint density at radius 2 is 2.00 bits per heavy atom. The van der Waals surface area contributed by atoms with Crippen molar-refractivity contribution in [1.29, 1.82) is 0 Å². The number of nitrogens with two attached hydrogens (primary N) is 2. The van der Waals surface area contributed by atoms with Crippen LogP contribution in [0.4, 0.5) is 0 Å². The fraction of sp³-hybridized carbons (Fsp3) is 0.500. The molecule has 7 nitrogen and oxygen atoms in total. The van der Waals surface area contributed by atoms with Gasteiger partial charge in [-0.1, -0.05) is 0 Å². The SMILES string of the molecule is Cl.Cn1cc(S(=O)(=O)NCC(C)(C)N)cc1C(N)=O. The highest BCUT2D eigenvalue weighted by molar-refractivity contribution is 7.89. The highest BCUT2D eigenvalue weighted by atomic mass is 35.5. The lowest BCUT2D eigenvalue weighted by atomic mass is 10.1. The van der Waals surface area contributed by atoms with Gasteiger partial charge in [-0.25, -0.2) is 13.1 Å². The minimum atomic E-state index is -3.69. The maximum atomic E-state index is 11.9. The molecule has 1 heterocycles. The van der Waals surface area contributed by atoms with Crippen molar-refractivity contribution in [2.24, 2.45) is 18.5 Å². The monoisotopic (exact) mass is 310 g/mol. The number of halogens is 1. The molecule has 1 aromatic rings. The van der Waals surface area contributed by atoms with Gasteiger partial charge in [0.2, 0.25) is 10.0 Å². The Morgan fingerprint density at radius 3 is 2.37 bits per heavy atom. The van der Waals surface area contributed by atoms with Crippen molar-refractivity contribution in [1.82, 2.24) is 9.29 Å². The summed E-state index contributed by atoms with van der Waals surface area (Å²) in [6.07, 6.45) is 1.33. The Kier molecular flexibility index (Phi) is 5.57. The summed E-state index contributed by atoms with van der Waals surface area (Å²) in [6, 6.07) is 1.23. The van der Waals surface area contributed by atoms with Crippen LogP contribution in [0.2, 0.25) is 0 Å². The van der Waals surface area contributed by atoms with Crippen LogP contribution in [0.3, 0.4) is 0 Å². The van der Waals surface area contributed by atoms with Crippen LogP contribution in [0.1, 0.15) is 24.3 Å². The first kappa shape index (κ1) is 17.9. The molecule has 0 bridgehead atoms. The number of nitrogens with zero attached hydrogens (tertiary/aromatic N) is 1. The van der Waals surface area contributed by atoms with Crippen molar-refractivity contribution in [2.75, 3.05) is 6.54 Å². The number of sulfonamides is 1. The summed E-state index contributed by atoms with van der Waals surface area (Å²) in [5, 5.41) is 0. The smallest absolute Gasteiger partial charge is 0.265 e. The molecule has 0 saturated heterocycles. The van der Waals surface area contributed by atoms with Gasteiger partial charge in [0, 0.05) is 25.3 Å². The first-order valence-corrected chi connectivity index (χ1v) is 6.76. The normalized spacial score (nSPS) is 12.0. The van der Waals surface area contributed by atoms with Crippen molar-refractivity contribution in [2.45, 2.75) is 24.3 Å². The molecule has 0 fully saturated rings. The van der Waals surface area contributed by atoms with E-state index in [0.29, 0.717) is 0 Å². The largest absolute Gasteiger partial charge is 0.364 e. The van der Waals surface area contributed by atoms with Crippen molar-refractivity contribution >= 4 is 28.3 Å². The number of carbonyl (C=O) groups is 1. The molecule has 110 valence electrons. The van der Waals surface area contributed by atoms with E-state index in [2.05, 4.69) is 4.72 Å². The molecule has 0 aliphatic carbocycles. The highest BCUT2D eigenvalue weighted by Crippen LogP contribution is 2.13. The van der Waals surface area contributed by atoms with Gasteiger partial charge in [0.15, 0.2) is 0 Å². The molecule has 1 amide bonds. The van der Waals surface area contributed by atoms with Gasteiger partial charge in [-0.2, -0.15) is 0 Å². The molecule has 0 saturated carbocycles. The zero-order valence-electron chi connectivity index (χ0n) is 11.0. The van der Waals surface area contributed by atoms with Gasteiger partial charge in [0.25, 0.3) is 5.91 Å². The fourth-order valence-electron chi connectivity index (χ4n) is 1.29. The van der Waals surface area contributed by atoms with Gasteiger partial charge < -0.3 is 16.0 Å². The van der Waals surface area contributed by atoms with Gasteiger partial charge in [0.05, 0.1) is 0 Å².